The van der Waals surface area contributed by atoms with E-state index in [0.717, 1.165) is 31.4 Å². The number of nitrogens with zero attached hydrogens (tertiary/aromatic N) is 1. The van der Waals surface area contributed by atoms with Gasteiger partial charge in [-0.25, -0.2) is 0 Å². The van der Waals surface area contributed by atoms with E-state index in [1.54, 1.807) is 12.5 Å². The molecule has 1 aromatic heterocycles. The molecule has 3 heteroatoms. The lowest BCUT2D eigenvalue weighted by atomic mass is 9.98. The molecule has 1 aliphatic heterocycles. The minimum Gasteiger partial charge on any atom is -0.472 e. The summed E-state index contributed by atoms with van der Waals surface area (Å²) >= 11 is 0. The van der Waals surface area contributed by atoms with E-state index < -0.39 is 0 Å². The average molecular weight is 179 g/mol. The van der Waals surface area contributed by atoms with Gasteiger partial charge in [0.1, 0.15) is 0 Å². The molecule has 1 saturated heterocycles. The Morgan fingerprint density at radius 2 is 2.46 bits per heavy atom. The highest BCUT2D eigenvalue weighted by Gasteiger charge is 2.22. The second-order valence-corrected chi connectivity index (χ2v) is 3.41. The third kappa shape index (κ3) is 1.59. The number of hydrogen-bond donors (Lipinski definition) is 0. The molecule has 0 aliphatic carbocycles. The van der Waals surface area contributed by atoms with Crippen molar-refractivity contribution >= 4 is 6.41 Å². The lowest BCUT2D eigenvalue weighted by Gasteiger charge is -2.31. The van der Waals surface area contributed by atoms with Crippen molar-refractivity contribution in [2.24, 2.45) is 0 Å². The van der Waals surface area contributed by atoms with Crippen LogP contribution < -0.4 is 0 Å². The van der Waals surface area contributed by atoms with E-state index in [2.05, 4.69) is 0 Å². The maximum Gasteiger partial charge on any atom is 0.210 e. The molecule has 1 atom stereocenters. The highest BCUT2D eigenvalue weighted by molar-refractivity contribution is 5.48. The average Bonchev–Trinajstić information content (AvgIpc) is 2.70. The normalized spacial score (nSPS) is 23.1. The predicted octanol–water partition coefficient (Wildman–Crippen LogP) is 1.96. The first-order valence-electron chi connectivity index (χ1n) is 4.65. The van der Waals surface area contributed by atoms with E-state index in [1.807, 2.05) is 11.0 Å². The Morgan fingerprint density at radius 1 is 1.54 bits per heavy atom. The summed E-state index contributed by atoms with van der Waals surface area (Å²) in [6.07, 6.45) is 7.70. The van der Waals surface area contributed by atoms with Crippen molar-refractivity contribution in [3.05, 3.63) is 24.2 Å². The lowest BCUT2D eigenvalue weighted by molar-refractivity contribution is -0.121. The van der Waals surface area contributed by atoms with Crippen LogP contribution in [0.1, 0.15) is 30.9 Å². The Labute approximate surface area is 77.3 Å². The molecule has 3 nitrogen and oxygen atoms in total. The van der Waals surface area contributed by atoms with Gasteiger partial charge in [-0.3, -0.25) is 4.79 Å². The first-order valence-corrected chi connectivity index (χ1v) is 4.65. The van der Waals surface area contributed by atoms with E-state index in [1.165, 1.54) is 6.42 Å². The third-order valence-corrected chi connectivity index (χ3v) is 2.61. The monoisotopic (exact) mass is 179 g/mol. The molecular weight excluding hydrogens is 166 g/mol. The Morgan fingerprint density at radius 3 is 3.15 bits per heavy atom. The molecule has 0 aromatic carbocycles. The van der Waals surface area contributed by atoms with Crippen LogP contribution in [0.5, 0.6) is 0 Å². The highest BCUT2D eigenvalue weighted by atomic mass is 16.3. The van der Waals surface area contributed by atoms with E-state index in [0.29, 0.717) is 0 Å². The zero-order valence-corrected chi connectivity index (χ0v) is 7.48. The Hall–Kier alpha value is -1.25. The van der Waals surface area contributed by atoms with Gasteiger partial charge in [-0.15, -0.1) is 0 Å². The van der Waals surface area contributed by atoms with Crippen LogP contribution in [0.15, 0.2) is 23.0 Å². The number of carbonyl (C=O) groups is 1. The van der Waals surface area contributed by atoms with Gasteiger partial charge < -0.3 is 9.32 Å². The second kappa shape index (κ2) is 3.64. The molecule has 13 heavy (non-hydrogen) atoms. The summed E-state index contributed by atoms with van der Waals surface area (Å²) in [6, 6.07) is 2.18. The van der Waals surface area contributed by atoms with Crippen molar-refractivity contribution in [1.82, 2.24) is 4.90 Å². The number of hydrogen-bond acceptors (Lipinski definition) is 2. The molecule has 1 fully saturated rings. The zero-order chi connectivity index (χ0) is 9.10. The molecule has 1 unspecified atom stereocenters. The third-order valence-electron chi connectivity index (χ3n) is 2.61. The zero-order valence-electron chi connectivity index (χ0n) is 7.48. The van der Waals surface area contributed by atoms with Crippen molar-refractivity contribution < 1.29 is 9.21 Å². The molecule has 1 aromatic rings. The van der Waals surface area contributed by atoms with Gasteiger partial charge in [0.05, 0.1) is 18.6 Å². The summed E-state index contributed by atoms with van der Waals surface area (Å²) in [7, 11) is 0. The second-order valence-electron chi connectivity index (χ2n) is 3.41. The molecular formula is C10H13NO2. The van der Waals surface area contributed by atoms with Crippen LogP contribution in [-0.2, 0) is 4.79 Å². The van der Waals surface area contributed by atoms with Gasteiger partial charge in [-0.05, 0) is 25.3 Å². The van der Waals surface area contributed by atoms with Gasteiger partial charge in [0.25, 0.3) is 0 Å². The number of furan rings is 1. The van der Waals surface area contributed by atoms with Crippen molar-refractivity contribution in [3.63, 3.8) is 0 Å². The van der Waals surface area contributed by atoms with Gasteiger partial charge in [-0.1, -0.05) is 0 Å². The van der Waals surface area contributed by atoms with Crippen molar-refractivity contribution in [2.75, 3.05) is 6.54 Å². The van der Waals surface area contributed by atoms with Crippen LogP contribution in [0.25, 0.3) is 0 Å². The molecule has 1 amide bonds. The quantitative estimate of drug-likeness (QED) is 0.650. The fourth-order valence-corrected chi connectivity index (χ4v) is 1.90. The molecule has 1 aliphatic rings. The van der Waals surface area contributed by atoms with Gasteiger partial charge in [0.2, 0.25) is 6.41 Å². The molecule has 0 radical (unpaired) electrons. The van der Waals surface area contributed by atoms with Gasteiger partial charge in [0, 0.05) is 12.1 Å². The maximum absolute atomic E-state index is 10.8. The highest BCUT2D eigenvalue weighted by Crippen LogP contribution is 2.29. The Kier molecular flexibility index (Phi) is 2.34. The Balaban J connectivity index is 2.15. The minimum atomic E-state index is 0.241. The lowest BCUT2D eigenvalue weighted by Crippen LogP contribution is -2.31. The van der Waals surface area contributed by atoms with E-state index in [-0.39, 0.29) is 6.04 Å². The van der Waals surface area contributed by atoms with Crippen LogP contribution in [0.4, 0.5) is 0 Å². The molecule has 2 rings (SSSR count). The number of piperidine rings is 1. The van der Waals surface area contributed by atoms with Crippen molar-refractivity contribution in [3.8, 4) is 0 Å². The first kappa shape index (κ1) is 8.35. The van der Waals surface area contributed by atoms with Crippen LogP contribution >= 0.6 is 0 Å². The summed E-state index contributed by atoms with van der Waals surface area (Å²) in [5.41, 5.74) is 1.12. The number of rotatable bonds is 2. The molecule has 2 heterocycles. The van der Waals surface area contributed by atoms with Crippen LogP contribution in [0, 0.1) is 0 Å². The topological polar surface area (TPSA) is 33.5 Å². The summed E-state index contributed by atoms with van der Waals surface area (Å²) in [5, 5.41) is 0. The molecule has 0 saturated carbocycles. The van der Waals surface area contributed by atoms with E-state index in [9.17, 15) is 4.79 Å². The molecule has 0 bridgehead atoms. The standard InChI is InChI=1S/C10H13NO2/c12-8-11-5-2-1-3-10(11)9-4-6-13-7-9/h4,6-8,10H,1-3,5H2. The summed E-state index contributed by atoms with van der Waals surface area (Å²) in [5.74, 6) is 0. The summed E-state index contributed by atoms with van der Waals surface area (Å²) in [4.78, 5) is 12.6. The van der Waals surface area contributed by atoms with Crippen molar-refractivity contribution in [1.29, 1.82) is 0 Å². The SMILES string of the molecule is O=CN1CCCCC1c1ccoc1. The number of amides is 1. The maximum atomic E-state index is 10.8. The van der Waals surface area contributed by atoms with E-state index in [4.69, 9.17) is 4.42 Å². The van der Waals surface area contributed by atoms with E-state index >= 15 is 0 Å². The predicted molar refractivity (Wildman–Crippen MR) is 48.1 cm³/mol. The van der Waals surface area contributed by atoms with Crippen LogP contribution in [-0.4, -0.2) is 17.9 Å². The van der Waals surface area contributed by atoms with Crippen molar-refractivity contribution in [2.45, 2.75) is 25.3 Å². The van der Waals surface area contributed by atoms with Gasteiger partial charge >= 0.3 is 0 Å². The van der Waals surface area contributed by atoms with Crippen LogP contribution in [0.2, 0.25) is 0 Å². The first-order chi connectivity index (χ1) is 6.42. The van der Waals surface area contributed by atoms with Gasteiger partial charge in [-0.2, -0.15) is 0 Å². The fourth-order valence-electron chi connectivity index (χ4n) is 1.90. The van der Waals surface area contributed by atoms with Crippen LogP contribution in [0.3, 0.4) is 0 Å². The number of likely N-dealkylation sites (tertiary alicyclic amines) is 1. The Bertz CT molecular complexity index is 268. The minimum absolute atomic E-state index is 0.241. The molecule has 0 spiro atoms. The summed E-state index contributed by atoms with van der Waals surface area (Å²) < 4.78 is 5.02. The molecule has 70 valence electrons. The summed E-state index contributed by atoms with van der Waals surface area (Å²) in [6.45, 7) is 0.874. The largest absolute Gasteiger partial charge is 0.472 e. The number of carbonyl (C=O) groups excluding carboxylic acids is 1. The van der Waals surface area contributed by atoms with Gasteiger partial charge in [0.15, 0.2) is 0 Å². The molecule has 0 N–H and O–H groups in total. The fraction of sp³-hybridized carbons (Fsp3) is 0.500. The smallest absolute Gasteiger partial charge is 0.210 e.